The number of pyridine rings is 1. The van der Waals surface area contributed by atoms with Gasteiger partial charge in [0, 0.05) is 6.20 Å². The first-order chi connectivity index (χ1) is 6.45. The van der Waals surface area contributed by atoms with Crippen LogP contribution in [-0.4, -0.2) is 11.2 Å². The average molecular weight is 201 g/mol. The fraction of sp³-hybridized carbons (Fsp3) is 0.250. The predicted molar refractivity (Wildman–Crippen MR) is 41.9 cm³/mol. The van der Waals surface area contributed by atoms with Gasteiger partial charge >= 0.3 is 6.18 Å². The molecule has 0 spiro atoms. The SMILES string of the molecule is N#Cc1ccc(C(N)C(F)(F)F)nc1. The zero-order chi connectivity index (χ0) is 10.8. The Kier molecular flexibility index (Phi) is 2.72. The molecule has 0 aromatic carbocycles. The van der Waals surface area contributed by atoms with E-state index in [4.69, 9.17) is 11.0 Å². The molecule has 0 radical (unpaired) electrons. The molecule has 0 saturated heterocycles. The fourth-order valence-corrected chi connectivity index (χ4v) is 0.823. The van der Waals surface area contributed by atoms with Crippen LogP contribution in [0.25, 0.3) is 0 Å². The van der Waals surface area contributed by atoms with E-state index in [9.17, 15) is 13.2 Å². The van der Waals surface area contributed by atoms with Crippen molar-refractivity contribution in [2.45, 2.75) is 12.2 Å². The third kappa shape index (κ3) is 2.20. The number of rotatable bonds is 1. The largest absolute Gasteiger partial charge is 0.409 e. The van der Waals surface area contributed by atoms with Gasteiger partial charge in [0.15, 0.2) is 0 Å². The summed E-state index contributed by atoms with van der Waals surface area (Å²) < 4.78 is 36.3. The number of hydrogen-bond donors (Lipinski definition) is 1. The van der Waals surface area contributed by atoms with E-state index >= 15 is 0 Å². The van der Waals surface area contributed by atoms with Crippen molar-refractivity contribution in [3.63, 3.8) is 0 Å². The van der Waals surface area contributed by atoms with Gasteiger partial charge in [-0.3, -0.25) is 4.98 Å². The minimum atomic E-state index is -4.51. The van der Waals surface area contributed by atoms with Crippen LogP contribution in [0.15, 0.2) is 18.3 Å². The summed E-state index contributed by atoms with van der Waals surface area (Å²) >= 11 is 0. The van der Waals surface area contributed by atoms with Gasteiger partial charge in [0.1, 0.15) is 12.1 Å². The van der Waals surface area contributed by atoms with E-state index in [2.05, 4.69) is 4.98 Å². The van der Waals surface area contributed by atoms with E-state index in [0.29, 0.717) is 0 Å². The lowest BCUT2D eigenvalue weighted by atomic mass is 10.2. The summed E-state index contributed by atoms with van der Waals surface area (Å²) in [7, 11) is 0. The molecule has 14 heavy (non-hydrogen) atoms. The number of halogens is 3. The predicted octanol–water partition coefficient (Wildman–Crippen LogP) is 1.52. The van der Waals surface area contributed by atoms with E-state index in [-0.39, 0.29) is 11.3 Å². The number of aromatic nitrogens is 1. The van der Waals surface area contributed by atoms with E-state index < -0.39 is 12.2 Å². The summed E-state index contributed by atoms with van der Waals surface area (Å²) in [6, 6.07) is 1.98. The van der Waals surface area contributed by atoms with Crippen LogP contribution in [0.4, 0.5) is 13.2 Å². The molecule has 1 atom stereocenters. The average Bonchev–Trinajstić information content (AvgIpc) is 2.15. The van der Waals surface area contributed by atoms with Crippen molar-refractivity contribution in [1.82, 2.24) is 4.98 Å². The zero-order valence-electron chi connectivity index (χ0n) is 6.92. The van der Waals surface area contributed by atoms with Gasteiger partial charge < -0.3 is 5.73 Å². The van der Waals surface area contributed by atoms with Crippen LogP contribution < -0.4 is 5.73 Å². The van der Waals surface area contributed by atoms with Crippen LogP contribution in [0.5, 0.6) is 0 Å². The lowest BCUT2D eigenvalue weighted by Crippen LogP contribution is -2.29. The Morgan fingerprint density at radius 3 is 2.43 bits per heavy atom. The van der Waals surface area contributed by atoms with Crippen molar-refractivity contribution in [2.75, 3.05) is 0 Å². The van der Waals surface area contributed by atoms with Gasteiger partial charge in [-0.1, -0.05) is 0 Å². The van der Waals surface area contributed by atoms with E-state index in [1.807, 2.05) is 0 Å². The lowest BCUT2D eigenvalue weighted by molar-refractivity contribution is -0.150. The molecule has 0 amide bonds. The van der Waals surface area contributed by atoms with E-state index in [0.717, 1.165) is 12.3 Å². The highest BCUT2D eigenvalue weighted by Gasteiger charge is 2.38. The molecule has 2 N–H and O–H groups in total. The summed E-state index contributed by atoms with van der Waals surface area (Å²) in [5.74, 6) is 0. The second-order valence-corrected chi connectivity index (χ2v) is 2.60. The highest BCUT2D eigenvalue weighted by Crippen LogP contribution is 2.28. The Bertz CT molecular complexity index is 350. The Morgan fingerprint density at radius 1 is 1.43 bits per heavy atom. The van der Waals surface area contributed by atoms with Crippen molar-refractivity contribution in [3.8, 4) is 6.07 Å². The molecule has 1 heterocycles. The maximum absolute atomic E-state index is 12.1. The minimum absolute atomic E-state index is 0.197. The third-order valence-corrected chi connectivity index (χ3v) is 1.59. The standard InChI is InChI=1S/C8H6F3N3/c9-8(10,11)7(13)6-2-1-5(3-12)4-14-6/h1-2,4,7H,13H2. The van der Waals surface area contributed by atoms with Crippen molar-refractivity contribution in [1.29, 1.82) is 5.26 Å². The third-order valence-electron chi connectivity index (χ3n) is 1.59. The van der Waals surface area contributed by atoms with Gasteiger partial charge in [0.25, 0.3) is 0 Å². The number of alkyl halides is 3. The normalized spacial score (nSPS) is 13.4. The lowest BCUT2D eigenvalue weighted by Gasteiger charge is -2.14. The fourth-order valence-electron chi connectivity index (χ4n) is 0.823. The van der Waals surface area contributed by atoms with Crippen LogP contribution >= 0.6 is 0 Å². The molecule has 0 fully saturated rings. The smallest absolute Gasteiger partial charge is 0.315 e. The van der Waals surface area contributed by atoms with Gasteiger partial charge in [-0.25, -0.2) is 0 Å². The molecule has 6 heteroatoms. The summed E-state index contributed by atoms with van der Waals surface area (Å²) in [5.41, 5.74) is 4.80. The summed E-state index contributed by atoms with van der Waals surface area (Å²) in [5, 5.41) is 8.38. The van der Waals surface area contributed by atoms with Crippen LogP contribution in [0, 0.1) is 11.3 Å². The van der Waals surface area contributed by atoms with E-state index in [1.54, 1.807) is 6.07 Å². The Hall–Kier alpha value is -1.61. The number of nitrogens with two attached hydrogens (primary N) is 1. The molecule has 1 aromatic rings. The quantitative estimate of drug-likeness (QED) is 0.749. The molecule has 1 aromatic heterocycles. The van der Waals surface area contributed by atoms with Crippen molar-refractivity contribution >= 4 is 0 Å². The van der Waals surface area contributed by atoms with Crippen molar-refractivity contribution < 1.29 is 13.2 Å². The number of nitriles is 1. The van der Waals surface area contributed by atoms with Gasteiger partial charge in [0.2, 0.25) is 0 Å². The van der Waals surface area contributed by atoms with Crippen LogP contribution in [0.1, 0.15) is 17.3 Å². The topological polar surface area (TPSA) is 62.7 Å². The highest BCUT2D eigenvalue weighted by atomic mass is 19.4. The van der Waals surface area contributed by atoms with Gasteiger partial charge in [-0.05, 0) is 12.1 Å². The second kappa shape index (κ2) is 3.64. The minimum Gasteiger partial charge on any atom is -0.315 e. The zero-order valence-corrected chi connectivity index (χ0v) is 6.92. The Balaban J connectivity index is 2.94. The van der Waals surface area contributed by atoms with E-state index in [1.165, 1.54) is 6.07 Å². The van der Waals surface area contributed by atoms with Gasteiger partial charge in [0.05, 0.1) is 11.3 Å². The second-order valence-electron chi connectivity index (χ2n) is 2.60. The number of nitrogens with zero attached hydrogens (tertiary/aromatic N) is 2. The van der Waals surface area contributed by atoms with Crippen molar-refractivity contribution in [3.05, 3.63) is 29.6 Å². The first kappa shape index (κ1) is 10.5. The summed E-state index contributed by atoms with van der Waals surface area (Å²) in [4.78, 5) is 3.45. The van der Waals surface area contributed by atoms with Crippen LogP contribution in [0.2, 0.25) is 0 Å². The maximum Gasteiger partial charge on any atom is 0.409 e. The van der Waals surface area contributed by atoms with Crippen LogP contribution in [-0.2, 0) is 0 Å². The molecule has 1 rings (SSSR count). The molecular formula is C8H6F3N3. The molecule has 74 valence electrons. The monoisotopic (exact) mass is 201 g/mol. The molecular weight excluding hydrogens is 195 g/mol. The molecule has 1 unspecified atom stereocenters. The molecule has 0 aliphatic rings. The Morgan fingerprint density at radius 2 is 2.07 bits per heavy atom. The number of hydrogen-bond acceptors (Lipinski definition) is 3. The summed E-state index contributed by atoms with van der Waals surface area (Å²) in [6.45, 7) is 0. The summed E-state index contributed by atoms with van der Waals surface area (Å²) in [6.07, 6.45) is -3.46. The molecule has 0 bridgehead atoms. The van der Waals surface area contributed by atoms with Gasteiger partial charge in [-0.15, -0.1) is 0 Å². The first-order valence-corrected chi connectivity index (χ1v) is 3.63. The van der Waals surface area contributed by atoms with Crippen LogP contribution in [0.3, 0.4) is 0 Å². The molecule has 0 aliphatic carbocycles. The Labute approximate surface area is 78.0 Å². The first-order valence-electron chi connectivity index (χ1n) is 3.63. The molecule has 0 saturated carbocycles. The van der Waals surface area contributed by atoms with Crippen molar-refractivity contribution in [2.24, 2.45) is 5.73 Å². The maximum atomic E-state index is 12.1. The molecule has 0 aliphatic heterocycles. The highest BCUT2D eigenvalue weighted by molar-refractivity contribution is 5.27. The van der Waals surface area contributed by atoms with Gasteiger partial charge in [-0.2, -0.15) is 18.4 Å². The molecule has 3 nitrogen and oxygen atoms in total.